The second-order valence-corrected chi connectivity index (χ2v) is 13.5. The molecule has 3 amide bonds. The quantitative estimate of drug-likeness (QED) is 0.350. The van der Waals surface area contributed by atoms with E-state index in [1.165, 1.54) is 19.3 Å². The Morgan fingerprint density at radius 3 is 2.29 bits per heavy atom. The van der Waals surface area contributed by atoms with Crippen LogP contribution in [0.15, 0.2) is 72.9 Å². The lowest BCUT2D eigenvalue weighted by atomic mass is 9.53. The van der Waals surface area contributed by atoms with Gasteiger partial charge in [0, 0.05) is 36.6 Å². The predicted molar refractivity (Wildman–Crippen MR) is 162 cm³/mol. The number of ether oxygens (including phenoxy) is 1. The third kappa shape index (κ3) is 5.18. The molecule has 8 rings (SSSR count). The maximum atomic E-state index is 14.1. The Labute approximate surface area is 248 Å². The molecule has 0 saturated heterocycles. The molecule has 4 fully saturated rings. The van der Waals surface area contributed by atoms with Crippen molar-refractivity contribution in [2.45, 2.75) is 76.5 Å². The molecule has 2 heterocycles. The zero-order valence-electron chi connectivity index (χ0n) is 24.7. The van der Waals surface area contributed by atoms with Crippen LogP contribution >= 0.6 is 0 Å². The van der Waals surface area contributed by atoms with Gasteiger partial charge < -0.3 is 24.4 Å². The summed E-state index contributed by atoms with van der Waals surface area (Å²) >= 11 is 0. The molecular weight excluding hydrogens is 524 g/mol. The van der Waals surface area contributed by atoms with Gasteiger partial charge in [0.1, 0.15) is 18.0 Å². The Kier molecular flexibility index (Phi) is 6.99. The Hall–Kier alpha value is -3.74. The highest BCUT2D eigenvalue weighted by molar-refractivity contribution is 5.85. The minimum Gasteiger partial charge on any atom is -0.457 e. The molecule has 0 spiro atoms. The summed E-state index contributed by atoms with van der Waals surface area (Å²) in [6.45, 7) is 5.39. The number of benzene rings is 2. The normalized spacial score (nSPS) is 27.5. The van der Waals surface area contributed by atoms with Gasteiger partial charge in [-0.25, -0.2) is 4.79 Å². The third-order valence-electron chi connectivity index (χ3n) is 10.1. The number of hydrogen-bond acceptors (Lipinski definition) is 3. The lowest BCUT2D eigenvalue weighted by molar-refractivity contribution is -0.135. The summed E-state index contributed by atoms with van der Waals surface area (Å²) in [4.78, 5) is 31.7. The molecule has 4 saturated carbocycles. The first kappa shape index (κ1) is 27.1. The number of fused-ring (bicyclic) bond motifs is 1. The second-order valence-electron chi connectivity index (χ2n) is 13.5. The molecule has 2 aromatic carbocycles. The van der Waals surface area contributed by atoms with E-state index in [2.05, 4.69) is 28.2 Å². The van der Waals surface area contributed by atoms with Crippen molar-refractivity contribution in [2.24, 2.45) is 17.8 Å². The van der Waals surface area contributed by atoms with E-state index in [-0.39, 0.29) is 36.1 Å². The van der Waals surface area contributed by atoms with Crippen molar-refractivity contribution >= 4 is 11.9 Å². The van der Waals surface area contributed by atoms with E-state index < -0.39 is 0 Å². The Balaban J connectivity index is 1.11. The molecule has 42 heavy (non-hydrogen) atoms. The number of aromatic nitrogens is 1. The van der Waals surface area contributed by atoms with Crippen LogP contribution in [0, 0.1) is 17.8 Å². The fourth-order valence-electron chi connectivity index (χ4n) is 8.66. The Morgan fingerprint density at radius 2 is 1.60 bits per heavy atom. The number of nitrogens with one attached hydrogen (secondary N) is 1. The highest BCUT2D eigenvalue weighted by Gasteiger charge is 2.52. The highest BCUT2D eigenvalue weighted by atomic mass is 16.5. The number of hydrogen-bond donors (Lipinski definition) is 1. The average Bonchev–Trinajstić information content (AvgIpc) is 3.44. The zero-order chi connectivity index (χ0) is 28.8. The van der Waals surface area contributed by atoms with Crippen LogP contribution in [0.3, 0.4) is 0 Å². The van der Waals surface area contributed by atoms with Gasteiger partial charge in [-0.1, -0.05) is 30.3 Å². The van der Waals surface area contributed by atoms with Gasteiger partial charge in [-0.3, -0.25) is 4.79 Å². The number of rotatable bonds is 7. The Bertz CT molecular complexity index is 1410. The summed E-state index contributed by atoms with van der Waals surface area (Å²) in [5.41, 5.74) is 1.97. The Morgan fingerprint density at radius 1 is 0.905 bits per heavy atom. The van der Waals surface area contributed by atoms with Gasteiger partial charge in [-0.05, 0) is 112 Å². The molecule has 220 valence electrons. The van der Waals surface area contributed by atoms with Crippen LogP contribution < -0.4 is 10.1 Å². The van der Waals surface area contributed by atoms with Crippen molar-refractivity contribution in [3.05, 3.63) is 84.2 Å². The van der Waals surface area contributed by atoms with Crippen molar-refractivity contribution in [1.82, 2.24) is 19.7 Å². The summed E-state index contributed by atoms with van der Waals surface area (Å²) in [6.07, 6.45) is 9.35. The highest BCUT2D eigenvalue weighted by Crippen LogP contribution is 2.55. The van der Waals surface area contributed by atoms with Crippen molar-refractivity contribution < 1.29 is 14.3 Å². The van der Waals surface area contributed by atoms with E-state index in [4.69, 9.17) is 4.74 Å². The van der Waals surface area contributed by atoms with E-state index in [9.17, 15) is 9.59 Å². The van der Waals surface area contributed by atoms with Gasteiger partial charge in [0.15, 0.2) is 0 Å². The molecule has 1 aromatic heterocycles. The average molecular weight is 567 g/mol. The molecule has 1 atom stereocenters. The zero-order valence-corrected chi connectivity index (χ0v) is 24.7. The molecule has 1 aliphatic heterocycles. The monoisotopic (exact) mass is 566 g/mol. The van der Waals surface area contributed by atoms with Crippen LogP contribution in [0.5, 0.6) is 11.5 Å². The van der Waals surface area contributed by atoms with Crippen LogP contribution in [0.1, 0.15) is 69.7 Å². The topological polar surface area (TPSA) is 66.8 Å². The molecule has 4 aliphatic carbocycles. The largest absolute Gasteiger partial charge is 0.457 e. The summed E-state index contributed by atoms with van der Waals surface area (Å²) in [6, 6.07) is 21.5. The van der Waals surface area contributed by atoms with Crippen LogP contribution in [-0.4, -0.2) is 51.0 Å². The number of urea groups is 1. The molecular formula is C35H42N4O3. The van der Waals surface area contributed by atoms with Crippen LogP contribution in [0.2, 0.25) is 0 Å². The molecule has 1 unspecified atom stereocenters. The first-order valence-electron chi connectivity index (χ1n) is 15.7. The van der Waals surface area contributed by atoms with Gasteiger partial charge >= 0.3 is 6.03 Å². The number of carbonyl (C=O) groups excluding carboxylic acids is 2. The minimum absolute atomic E-state index is 0.0313. The number of amides is 3. The molecule has 1 N–H and O–H groups in total. The molecule has 5 aliphatic rings. The molecule has 7 nitrogen and oxygen atoms in total. The molecule has 0 radical (unpaired) electrons. The van der Waals surface area contributed by atoms with Crippen LogP contribution in [-0.2, 0) is 11.3 Å². The van der Waals surface area contributed by atoms with E-state index in [0.717, 1.165) is 66.3 Å². The number of para-hydroxylation sites is 1. The van der Waals surface area contributed by atoms with Crippen molar-refractivity contribution in [1.29, 1.82) is 0 Å². The van der Waals surface area contributed by atoms with Gasteiger partial charge in [0.05, 0.1) is 6.04 Å². The van der Waals surface area contributed by atoms with Crippen molar-refractivity contribution in [3.8, 4) is 11.5 Å². The van der Waals surface area contributed by atoms with Crippen molar-refractivity contribution in [2.75, 3.05) is 13.1 Å². The third-order valence-corrected chi connectivity index (χ3v) is 10.1. The first-order chi connectivity index (χ1) is 20.4. The van der Waals surface area contributed by atoms with Crippen LogP contribution in [0.25, 0.3) is 0 Å². The molecule has 3 aromatic rings. The maximum Gasteiger partial charge on any atom is 0.318 e. The second kappa shape index (κ2) is 10.8. The molecule has 7 heteroatoms. The fourth-order valence-corrected chi connectivity index (χ4v) is 8.66. The van der Waals surface area contributed by atoms with Gasteiger partial charge in [-0.15, -0.1) is 0 Å². The number of nitrogens with zero attached hydrogens (tertiary/aromatic N) is 3. The van der Waals surface area contributed by atoms with Crippen LogP contribution in [0.4, 0.5) is 4.79 Å². The predicted octanol–water partition coefficient (Wildman–Crippen LogP) is 6.60. The van der Waals surface area contributed by atoms with E-state index in [1.807, 2.05) is 73.3 Å². The van der Waals surface area contributed by atoms with Crippen molar-refractivity contribution in [3.63, 3.8) is 0 Å². The van der Waals surface area contributed by atoms with Gasteiger partial charge in [-0.2, -0.15) is 0 Å². The van der Waals surface area contributed by atoms with E-state index in [1.54, 1.807) is 4.90 Å². The molecule has 4 bridgehead atoms. The lowest BCUT2D eigenvalue weighted by Crippen LogP contribution is -2.63. The summed E-state index contributed by atoms with van der Waals surface area (Å²) in [5.74, 6) is 3.71. The van der Waals surface area contributed by atoms with E-state index in [0.29, 0.717) is 6.54 Å². The minimum atomic E-state index is -0.263. The van der Waals surface area contributed by atoms with Gasteiger partial charge in [0.25, 0.3) is 0 Å². The smallest absolute Gasteiger partial charge is 0.318 e. The summed E-state index contributed by atoms with van der Waals surface area (Å²) in [5, 5.41) is 3.49. The van der Waals surface area contributed by atoms with E-state index >= 15 is 0 Å². The number of carbonyl (C=O) groups is 2. The first-order valence-corrected chi connectivity index (χ1v) is 15.7. The maximum absolute atomic E-state index is 14.1. The van der Waals surface area contributed by atoms with Gasteiger partial charge in [0.2, 0.25) is 5.91 Å². The SMILES string of the molecule is CC(C)N(CC(=O)N1CCn2cccc2C1c1cccc(Oc2ccccc2)c1)C(=O)NC12CC3CC(CC(C3)C1)C2. The summed E-state index contributed by atoms with van der Waals surface area (Å²) in [7, 11) is 0. The lowest BCUT2D eigenvalue weighted by Gasteiger charge is -2.57. The fraction of sp³-hybridized carbons (Fsp3) is 0.486. The standard InChI is InChI=1S/C35H42N4O3/c1-24(2)39(34(41)36-35-20-25-16-26(21-35)18-27(17-25)22-35)23-32(40)38-15-14-37-13-7-12-31(37)33(38)28-8-6-11-30(19-28)42-29-9-4-3-5-10-29/h3-13,19,24-27,33H,14-18,20-23H2,1-2H3,(H,36,41). The summed E-state index contributed by atoms with van der Waals surface area (Å²) < 4.78 is 8.37.